The first kappa shape index (κ1) is 13.2. The highest BCUT2D eigenvalue weighted by molar-refractivity contribution is 6.01. The molecule has 0 atom stereocenters. The molecule has 17 heavy (non-hydrogen) atoms. The highest BCUT2D eigenvalue weighted by atomic mass is 16.4. The van der Waals surface area contributed by atoms with Crippen molar-refractivity contribution in [2.45, 2.75) is 26.7 Å². The van der Waals surface area contributed by atoms with Crippen LogP contribution < -0.4 is 5.32 Å². The van der Waals surface area contributed by atoms with E-state index in [0.29, 0.717) is 11.6 Å². The molecule has 0 fully saturated rings. The van der Waals surface area contributed by atoms with E-state index in [1.54, 1.807) is 12.1 Å². The summed E-state index contributed by atoms with van der Waals surface area (Å²) in [6.45, 7) is 4.28. The molecule has 0 aromatic heterocycles. The molecule has 0 aliphatic carbocycles. The fraction of sp³-hybridized carbons (Fsp3) is 0.385. The van der Waals surface area contributed by atoms with Crippen molar-refractivity contribution in [3.63, 3.8) is 0 Å². The largest absolute Gasteiger partial charge is 0.481 e. The van der Waals surface area contributed by atoms with E-state index < -0.39 is 18.3 Å². The summed E-state index contributed by atoms with van der Waals surface area (Å²) in [6, 6.07) is 7.46. The Labute approximate surface area is 101 Å². The monoisotopic (exact) mass is 235 g/mol. The van der Waals surface area contributed by atoms with Crippen molar-refractivity contribution in [3.8, 4) is 0 Å². The second-order valence-electron chi connectivity index (χ2n) is 4.41. The number of carboxylic acid groups (broad SMARTS) is 1. The number of carbonyl (C=O) groups is 2. The van der Waals surface area contributed by atoms with Crippen LogP contribution in [0.15, 0.2) is 24.3 Å². The van der Waals surface area contributed by atoms with Crippen LogP contribution in [0.1, 0.15) is 25.8 Å². The maximum absolute atomic E-state index is 11.2. The summed E-state index contributed by atoms with van der Waals surface area (Å²) >= 11 is 0. The Bertz CT molecular complexity index is 396. The number of carbonyl (C=O) groups excluding carboxylic acids is 1. The second-order valence-corrected chi connectivity index (χ2v) is 4.41. The van der Waals surface area contributed by atoms with Crippen molar-refractivity contribution in [3.05, 3.63) is 29.8 Å². The summed E-state index contributed by atoms with van der Waals surface area (Å²) in [5.74, 6) is -1.05. The van der Waals surface area contributed by atoms with Gasteiger partial charge in [0.25, 0.3) is 0 Å². The van der Waals surface area contributed by atoms with E-state index in [-0.39, 0.29) is 0 Å². The number of nitrogens with one attached hydrogen (secondary N) is 1. The number of anilines is 1. The Kier molecular flexibility index (Phi) is 4.69. The van der Waals surface area contributed by atoms with Gasteiger partial charge in [0.1, 0.15) is 6.42 Å². The standard InChI is InChI=1S/C13H17NO3/c1-9(2)7-10-3-5-11(6-4-10)14-12(15)8-13(16)17/h3-6,9H,7-8H2,1-2H3,(H,14,15)(H,16,17). The molecular formula is C13H17NO3. The molecular weight excluding hydrogens is 218 g/mol. The summed E-state index contributed by atoms with van der Waals surface area (Å²) in [6.07, 6.45) is 0.483. The van der Waals surface area contributed by atoms with E-state index in [4.69, 9.17) is 5.11 Å². The number of carboxylic acids is 1. The predicted octanol–water partition coefficient (Wildman–Crippen LogP) is 2.30. The highest BCUT2D eigenvalue weighted by Gasteiger charge is 2.07. The van der Waals surface area contributed by atoms with Crippen LogP contribution in [0.3, 0.4) is 0 Å². The van der Waals surface area contributed by atoms with Crippen LogP contribution in [0.4, 0.5) is 5.69 Å². The van der Waals surface area contributed by atoms with E-state index in [1.165, 1.54) is 5.56 Å². The molecule has 0 bridgehead atoms. The third-order valence-electron chi connectivity index (χ3n) is 2.19. The van der Waals surface area contributed by atoms with Crippen molar-refractivity contribution in [1.29, 1.82) is 0 Å². The average Bonchev–Trinajstić information content (AvgIpc) is 2.18. The van der Waals surface area contributed by atoms with Gasteiger partial charge in [0.05, 0.1) is 0 Å². The van der Waals surface area contributed by atoms with Gasteiger partial charge >= 0.3 is 5.97 Å². The highest BCUT2D eigenvalue weighted by Crippen LogP contribution is 2.13. The zero-order valence-corrected chi connectivity index (χ0v) is 10.1. The van der Waals surface area contributed by atoms with Crippen LogP contribution >= 0.6 is 0 Å². The molecule has 4 heteroatoms. The molecule has 0 saturated carbocycles. The van der Waals surface area contributed by atoms with Gasteiger partial charge in [-0.15, -0.1) is 0 Å². The Balaban J connectivity index is 2.56. The Morgan fingerprint density at radius 2 is 1.82 bits per heavy atom. The van der Waals surface area contributed by atoms with Crippen molar-refractivity contribution in [2.75, 3.05) is 5.32 Å². The van der Waals surface area contributed by atoms with Crippen LogP contribution in [0.2, 0.25) is 0 Å². The van der Waals surface area contributed by atoms with Gasteiger partial charge in [0, 0.05) is 5.69 Å². The lowest BCUT2D eigenvalue weighted by Crippen LogP contribution is -2.15. The minimum atomic E-state index is -1.13. The zero-order chi connectivity index (χ0) is 12.8. The number of hydrogen-bond acceptors (Lipinski definition) is 2. The number of hydrogen-bond donors (Lipinski definition) is 2. The van der Waals surface area contributed by atoms with Crippen molar-refractivity contribution < 1.29 is 14.7 Å². The van der Waals surface area contributed by atoms with E-state index >= 15 is 0 Å². The third kappa shape index (κ3) is 5.15. The van der Waals surface area contributed by atoms with Crippen molar-refractivity contribution >= 4 is 17.6 Å². The quantitative estimate of drug-likeness (QED) is 0.769. The fourth-order valence-electron chi connectivity index (χ4n) is 1.54. The van der Waals surface area contributed by atoms with E-state index in [2.05, 4.69) is 19.2 Å². The summed E-state index contributed by atoms with van der Waals surface area (Å²) in [5.41, 5.74) is 1.83. The molecule has 1 rings (SSSR count). The third-order valence-corrected chi connectivity index (χ3v) is 2.19. The molecule has 4 nitrogen and oxygen atoms in total. The Morgan fingerprint density at radius 1 is 1.24 bits per heavy atom. The maximum atomic E-state index is 11.2. The van der Waals surface area contributed by atoms with Crippen molar-refractivity contribution in [2.24, 2.45) is 5.92 Å². The molecule has 0 unspecified atom stereocenters. The van der Waals surface area contributed by atoms with E-state index in [1.807, 2.05) is 12.1 Å². The number of aliphatic carboxylic acids is 1. The number of amides is 1. The molecule has 0 saturated heterocycles. The molecule has 0 aliphatic rings. The van der Waals surface area contributed by atoms with Gasteiger partial charge in [-0.3, -0.25) is 9.59 Å². The number of rotatable bonds is 5. The molecule has 1 amide bonds. The predicted molar refractivity (Wildman–Crippen MR) is 65.9 cm³/mol. The Hall–Kier alpha value is -1.84. The topological polar surface area (TPSA) is 66.4 Å². The van der Waals surface area contributed by atoms with Gasteiger partial charge in [-0.05, 0) is 30.0 Å². The first-order valence-corrected chi connectivity index (χ1v) is 5.58. The maximum Gasteiger partial charge on any atom is 0.312 e. The number of benzene rings is 1. The van der Waals surface area contributed by atoms with Crippen LogP contribution in [-0.2, 0) is 16.0 Å². The van der Waals surface area contributed by atoms with Gasteiger partial charge in [0.15, 0.2) is 0 Å². The summed E-state index contributed by atoms with van der Waals surface area (Å²) in [7, 11) is 0. The van der Waals surface area contributed by atoms with Gasteiger partial charge in [-0.25, -0.2) is 0 Å². The Morgan fingerprint density at radius 3 is 2.29 bits per heavy atom. The molecule has 0 aliphatic heterocycles. The van der Waals surface area contributed by atoms with Crippen LogP contribution in [0.25, 0.3) is 0 Å². The first-order valence-electron chi connectivity index (χ1n) is 5.58. The fourth-order valence-corrected chi connectivity index (χ4v) is 1.54. The van der Waals surface area contributed by atoms with E-state index in [0.717, 1.165) is 6.42 Å². The molecule has 1 aromatic rings. The molecule has 1 aromatic carbocycles. The summed E-state index contributed by atoms with van der Waals surface area (Å²) in [5, 5.41) is 11.0. The zero-order valence-electron chi connectivity index (χ0n) is 10.1. The normalized spacial score (nSPS) is 10.3. The second kappa shape index (κ2) is 6.03. The van der Waals surface area contributed by atoms with Crippen LogP contribution in [0.5, 0.6) is 0 Å². The first-order chi connectivity index (χ1) is 7.97. The lowest BCUT2D eigenvalue weighted by molar-refractivity contribution is -0.139. The summed E-state index contributed by atoms with van der Waals surface area (Å²) < 4.78 is 0. The average molecular weight is 235 g/mol. The van der Waals surface area contributed by atoms with Gasteiger partial charge < -0.3 is 10.4 Å². The molecule has 0 heterocycles. The van der Waals surface area contributed by atoms with Gasteiger partial charge in [-0.2, -0.15) is 0 Å². The molecule has 0 spiro atoms. The lowest BCUT2D eigenvalue weighted by Gasteiger charge is -2.07. The summed E-state index contributed by atoms with van der Waals surface area (Å²) in [4.78, 5) is 21.5. The van der Waals surface area contributed by atoms with Gasteiger partial charge in [-0.1, -0.05) is 26.0 Å². The van der Waals surface area contributed by atoms with Crippen LogP contribution in [0, 0.1) is 5.92 Å². The minimum absolute atomic E-state index is 0.505. The molecule has 0 radical (unpaired) electrons. The van der Waals surface area contributed by atoms with E-state index in [9.17, 15) is 9.59 Å². The van der Waals surface area contributed by atoms with Crippen LogP contribution in [-0.4, -0.2) is 17.0 Å². The molecule has 92 valence electrons. The SMILES string of the molecule is CC(C)Cc1ccc(NC(=O)CC(=O)O)cc1. The minimum Gasteiger partial charge on any atom is -0.481 e. The van der Waals surface area contributed by atoms with Gasteiger partial charge in [0.2, 0.25) is 5.91 Å². The van der Waals surface area contributed by atoms with Crippen molar-refractivity contribution in [1.82, 2.24) is 0 Å². The molecule has 2 N–H and O–H groups in total. The smallest absolute Gasteiger partial charge is 0.312 e. The lowest BCUT2D eigenvalue weighted by atomic mass is 10.0.